The summed E-state index contributed by atoms with van der Waals surface area (Å²) in [6, 6.07) is 3.35. The van der Waals surface area contributed by atoms with E-state index in [0.29, 0.717) is 17.3 Å². The molecule has 20 heavy (non-hydrogen) atoms. The smallest absolute Gasteiger partial charge is 0.254 e. The second-order valence-electron chi connectivity index (χ2n) is 5.75. The second-order valence-corrected chi connectivity index (χ2v) is 5.75. The van der Waals surface area contributed by atoms with Crippen molar-refractivity contribution in [3.63, 3.8) is 0 Å². The van der Waals surface area contributed by atoms with Crippen LogP contribution in [0.15, 0.2) is 18.3 Å². The van der Waals surface area contributed by atoms with Crippen molar-refractivity contribution in [3.05, 3.63) is 23.9 Å². The summed E-state index contributed by atoms with van der Waals surface area (Å²) in [6.07, 6.45) is 5.34. The summed E-state index contributed by atoms with van der Waals surface area (Å²) >= 11 is 0. The van der Waals surface area contributed by atoms with Gasteiger partial charge in [-0.15, -0.1) is 0 Å². The minimum atomic E-state index is -0.183. The fourth-order valence-electron chi connectivity index (χ4n) is 2.92. The number of nitrogens with one attached hydrogen (secondary N) is 1. The first kappa shape index (κ1) is 13.1. The highest BCUT2D eigenvalue weighted by atomic mass is 16.2. The van der Waals surface area contributed by atoms with Crippen LogP contribution >= 0.6 is 0 Å². The number of pyridine rings is 1. The van der Waals surface area contributed by atoms with Gasteiger partial charge in [-0.05, 0) is 43.2 Å². The highest BCUT2D eigenvalue weighted by Crippen LogP contribution is 2.41. The van der Waals surface area contributed by atoms with Gasteiger partial charge in [-0.1, -0.05) is 0 Å². The number of anilines is 1. The molecule has 2 heterocycles. The Kier molecular flexibility index (Phi) is 3.42. The highest BCUT2D eigenvalue weighted by Gasteiger charge is 2.37. The number of amides is 2. The standard InChI is InChI=1S/C15H19N3O2/c1-10(19)17-14-8-12(4-6-16-14)15(20)18-7-5-13(9-18)11-2-3-11/h4,6,8,11,13H,2-3,5,7,9H2,1H3,(H,16,17,19). The minimum Gasteiger partial charge on any atom is -0.338 e. The van der Waals surface area contributed by atoms with Crippen molar-refractivity contribution in [2.45, 2.75) is 26.2 Å². The van der Waals surface area contributed by atoms with Gasteiger partial charge in [0.25, 0.3) is 5.91 Å². The third-order valence-electron chi connectivity index (χ3n) is 4.11. The van der Waals surface area contributed by atoms with E-state index in [9.17, 15) is 9.59 Å². The summed E-state index contributed by atoms with van der Waals surface area (Å²) in [5.41, 5.74) is 0.597. The zero-order valence-corrected chi connectivity index (χ0v) is 11.6. The highest BCUT2D eigenvalue weighted by molar-refractivity contribution is 5.96. The third-order valence-corrected chi connectivity index (χ3v) is 4.11. The van der Waals surface area contributed by atoms with Gasteiger partial charge in [0.05, 0.1) is 0 Å². The van der Waals surface area contributed by atoms with E-state index in [1.165, 1.54) is 19.8 Å². The molecule has 1 unspecified atom stereocenters. The van der Waals surface area contributed by atoms with Crippen LogP contribution in [0.3, 0.4) is 0 Å². The van der Waals surface area contributed by atoms with Crippen molar-refractivity contribution in [2.75, 3.05) is 18.4 Å². The topological polar surface area (TPSA) is 62.3 Å². The van der Waals surface area contributed by atoms with Gasteiger partial charge >= 0.3 is 0 Å². The Labute approximate surface area is 118 Å². The maximum atomic E-state index is 12.5. The zero-order chi connectivity index (χ0) is 14.1. The van der Waals surface area contributed by atoms with E-state index in [0.717, 1.165) is 25.4 Å². The fourth-order valence-corrected chi connectivity index (χ4v) is 2.92. The summed E-state index contributed by atoms with van der Waals surface area (Å²) in [4.78, 5) is 29.5. The molecule has 1 aromatic rings. The monoisotopic (exact) mass is 273 g/mol. The largest absolute Gasteiger partial charge is 0.338 e. The van der Waals surface area contributed by atoms with E-state index in [2.05, 4.69) is 10.3 Å². The summed E-state index contributed by atoms with van der Waals surface area (Å²) < 4.78 is 0. The summed E-state index contributed by atoms with van der Waals surface area (Å²) in [5, 5.41) is 2.61. The molecule has 5 nitrogen and oxygen atoms in total. The molecule has 1 aliphatic carbocycles. The molecule has 0 spiro atoms. The molecule has 1 saturated heterocycles. The quantitative estimate of drug-likeness (QED) is 0.915. The van der Waals surface area contributed by atoms with Gasteiger partial charge < -0.3 is 10.2 Å². The Hall–Kier alpha value is -1.91. The number of hydrogen-bond donors (Lipinski definition) is 1. The molecule has 1 atom stereocenters. The summed E-state index contributed by atoms with van der Waals surface area (Å²) in [6.45, 7) is 3.15. The van der Waals surface area contributed by atoms with E-state index < -0.39 is 0 Å². The molecule has 1 aliphatic heterocycles. The van der Waals surface area contributed by atoms with Gasteiger partial charge in [0.15, 0.2) is 0 Å². The number of carbonyl (C=O) groups excluding carboxylic acids is 2. The van der Waals surface area contributed by atoms with Crippen LogP contribution < -0.4 is 5.32 Å². The average molecular weight is 273 g/mol. The SMILES string of the molecule is CC(=O)Nc1cc(C(=O)N2CCC(C3CC3)C2)ccn1. The fraction of sp³-hybridized carbons (Fsp3) is 0.533. The van der Waals surface area contributed by atoms with E-state index in [4.69, 9.17) is 0 Å². The molecule has 2 aliphatic rings. The Morgan fingerprint density at radius 1 is 1.30 bits per heavy atom. The molecule has 1 saturated carbocycles. The molecule has 1 N–H and O–H groups in total. The first-order chi connectivity index (χ1) is 9.63. The van der Waals surface area contributed by atoms with Gasteiger partial charge in [0.2, 0.25) is 5.91 Å². The molecular weight excluding hydrogens is 254 g/mol. The van der Waals surface area contributed by atoms with Gasteiger partial charge in [-0.25, -0.2) is 4.98 Å². The number of hydrogen-bond acceptors (Lipinski definition) is 3. The van der Waals surface area contributed by atoms with Crippen molar-refractivity contribution in [3.8, 4) is 0 Å². The lowest BCUT2D eigenvalue weighted by molar-refractivity contribution is -0.114. The van der Waals surface area contributed by atoms with Crippen LogP contribution in [0.2, 0.25) is 0 Å². The number of carbonyl (C=O) groups is 2. The van der Waals surface area contributed by atoms with Crippen LogP contribution in [0.1, 0.15) is 36.5 Å². The maximum absolute atomic E-state index is 12.5. The summed E-state index contributed by atoms with van der Waals surface area (Å²) in [7, 11) is 0. The van der Waals surface area contributed by atoms with Crippen molar-refractivity contribution in [1.82, 2.24) is 9.88 Å². The molecule has 0 aromatic carbocycles. The van der Waals surface area contributed by atoms with Crippen LogP contribution in [0.25, 0.3) is 0 Å². The van der Waals surface area contributed by atoms with Crippen LogP contribution in [0, 0.1) is 11.8 Å². The van der Waals surface area contributed by atoms with Crippen LogP contribution in [-0.2, 0) is 4.79 Å². The second kappa shape index (κ2) is 5.23. The van der Waals surface area contributed by atoms with Crippen molar-refractivity contribution >= 4 is 17.6 Å². The molecular formula is C15H19N3O2. The van der Waals surface area contributed by atoms with Crippen LogP contribution in [-0.4, -0.2) is 34.8 Å². The normalized spacial score (nSPS) is 21.9. The molecule has 0 radical (unpaired) electrons. The van der Waals surface area contributed by atoms with E-state index in [-0.39, 0.29) is 11.8 Å². The zero-order valence-electron chi connectivity index (χ0n) is 11.6. The Bertz CT molecular complexity index is 540. The van der Waals surface area contributed by atoms with Gasteiger partial charge in [0.1, 0.15) is 5.82 Å². The van der Waals surface area contributed by atoms with Gasteiger partial charge in [-0.2, -0.15) is 0 Å². The lowest BCUT2D eigenvalue weighted by atomic mass is 10.0. The van der Waals surface area contributed by atoms with E-state index in [1.807, 2.05) is 4.90 Å². The van der Waals surface area contributed by atoms with E-state index >= 15 is 0 Å². The minimum absolute atomic E-state index is 0.0437. The maximum Gasteiger partial charge on any atom is 0.254 e. The van der Waals surface area contributed by atoms with Crippen LogP contribution in [0.5, 0.6) is 0 Å². The molecule has 106 valence electrons. The number of nitrogens with zero attached hydrogens (tertiary/aromatic N) is 2. The number of rotatable bonds is 3. The molecule has 2 fully saturated rings. The molecule has 5 heteroatoms. The average Bonchev–Trinajstić information content (AvgIpc) is 3.15. The van der Waals surface area contributed by atoms with Crippen molar-refractivity contribution in [1.29, 1.82) is 0 Å². The first-order valence-corrected chi connectivity index (χ1v) is 7.16. The number of aromatic nitrogens is 1. The van der Waals surface area contributed by atoms with Crippen LogP contribution in [0.4, 0.5) is 5.82 Å². The molecule has 3 rings (SSSR count). The van der Waals surface area contributed by atoms with Crippen molar-refractivity contribution in [2.24, 2.45) is 11.8 Å². The Morgan fingerprint density at radius 2 is 2.10 bits per heavy atom. The number of likely N-dealkylation sites (tertiary alicyclic amines) is 1. The van der Waals surface area contributed by atoms with Gasteiger partial charge in [0, 0.05) is 31.8 Å². The Balaban J connectivity index is 1.68. The van der Waals surface area contributed by atoms with E-state index in [1.54, 1.807) is 18.3 Å². The first-order valence-electron chi connectivity index (χ1n) is 7.16. The lowest BCUT2D eigenvalue weighted by Gasteiger charge is -2.16. The molecule has 1 aromatic heterocycles. The molecule has 0 bridgehead atoms. The predicted molar refractivity (Wildman–Crippen MR) is 75.3 cm³/mol. The predicted octanol–water partition coefficient (Wildman–Crippen LogP) is 1.91. The Morgan fingerprint density at radius 3 is 2.80 bits per heavy atom. The van der Waals surface area contributed by atoms with Gasteiger partial charge in [-0.3, -0.25) is 9.59 Å². The molecule has 2 amide bonds. The van der Waals surface area contributed by atoms with Crippen molar-refractivity contribution < 1.29 is 9.59 Å². The lowest BCUT2D eigenvalue weighted by Crippen LogP contribution is -2.29. The third kappa shape index (κ3) is 2.81. The summed E-state index contributed by atoms with van der Waals surface area (Å²) in [5.74, 6) is 1.83.